The van der Waals surface area contributed by atoms with Crippen molar-refractivity contribution in [2.45, 2.75) is 70.3 Å². The number of hydrogen-bond acceptors (Lipinski definition) is 4. The monoisotopic (exact) mass is 359 g/mol. The molecule has 0 aromatic carbocycles. The number of fused-ring (bicyclic) bond motifs is 1. The zero-order chi connectivity index (χ0) is 18.2. The van der Waals surface area contributed by atoms with Crippen LogP contribution in [0, 0.1) is 39.9 Å². The van der Waals surface area contributed by atoms with Gasteiger partial charge in [-0.1, -0.05) is 20.4 Å². The fraction of sp³-hybridized carbons (Fsp3) is 0.909. The minimum absolute atomic E-state index is 0.0547. The van der Waals surface area contributed by atoms with E-state index in [1.54, 1.807) is 0 Å². The second-order valence-corrected chi connectivity index (χ2v) is 10.9. The predicted molar refractivity (Wildman–Crippen MR) is 98.2 cm³/mol. The Kier molecular flexibility index (Phi) is 2.92. The largest absolute Gasteiger partial charge is 0.392 e. The topological polar surface area (TPSA) is 63.9 Å². The van der Waals surface area contributed by atoms with Gasteiger partial charge < -0.3 is 15.3 Å². The lowest BCUT2D eigenvalue weighted by Crippen LogP contribution is -2.68. The van der Waals surface area contributed by atoms with Gasteiger partial charge in [0, 0.05) is 29.3 Å². The van der Waals surface area contributed by atoms with Gasteiger partial charge in [-0.3, -0.25) is 4.90 Å². The minimum Gasteiger partial charge on any atom is -0.392 e. The van der Waals surface area contributed by atoms with Crippen LogP contribution in [0.3, 0.4) is 0 Å². The molecule has 0 radical (unpaired) electrons. The Morgan fingerprint density at radius 2 is 1.96 bits per heavy atom. The van der Waals surface area contributed by atoms with Gasteiger partial charge in [0.25, 0.3) is 0 Å². The summed E-state index contributed by atoms with van der Waals surface area (Å²) < 4.78 is 0. The van der Waals surface area contributed by atoms with Crippen molar-refractivity contribution in [1.29, 1.82) is 0 Å². The van der Waals surface area contributed by atoms with Gasteiger partial charge in [0.2, 0.25) is 0 Å². The van der Waals surface area contributed by atoms with E-state index in [4.69, 9.17) is 0 Å². The third-order valence-electron chi connectivity index (χ3n) is 10.6. The van der Waals surface area contributed by atoms with E-state index in [1.807, 2.05) is 0 Å². The van der Waals surface area contributed by atoms with Crippen molar-refractivity contribution >= 4 is 0 Å². The molecule has 1 heterocycles. The van der Waals surface area contributed by atoms with E-state index in [2.05, 4.69) is 25.3 Å². The van der Waals surface area contributed by atoms with Gasteiger partial charge in [-0.2, -0.15) is 0 Å². The van der Waals surface area contributed by atoms with Crippen LogP contribution in [0.2, 0.25) is 0 Å². The molecule has 4 nitrogen and oxygen atoms in total. The Bertz CT molecular complexity index is 695. The van der Waals surface area contributed by atoms with Crippen molar-refractivity contribution in [3.05, 3.63) is 12.2 Å². The number of hydrogen-bond donors (Lipinski definition) is 3. The maximum atomic E-state index is 11.5. The summed E-state index contributed by atoms with van der Waals surface area (Å²) in [5, 5.41) is 33.8. The van der Waals surface area contributed by atoms with Crippen molar-refractivity contribution in [2.75, 3.05) is 13.1 Å². The predicted octanol–water partition coefficient (Wildman–Crippen LogP) is 1.79. The first kappa shape index (κ1) is 16.5. The zero-order valence-corrected chi connectivity index (χ0v) is 16.1. The molecule has 6 unspecified atom stereocenters. The molecule has 1 saturated heterocycles. The van der Waals surface area contributed by atoms with Crippen LogP contribution in [0.25, 0.3) is 0 Å². The first-order chi connectivity index (χ1) is 12.3. The van der Waals surface area contributed by atoms with Gasteiger partial charge in [0.1, 0.15) is 0 Å². The van der Waals surface area contributed by atoms with E-state index in [9.17, 15) is 15.3 Å². The number of piperidine rings is 1. The molecule has 1 aliphatic heterocycles. The molecule has 6 fully saturated rings. The highest BCUT2D eigenvalue weighted by Gasteiger charge is 2.85. The lowest BCUT2D eigenvalue weighted by Gasteiger charge is -2.65. The van der Waals surface area contributed by atoms with Gasteiger partial charge in [-0.25, -0.2) is 0 Å². The number of likely N-dealkylation sites (tertiary alicyclic amines) is 1. The highest BCUT2D eigenvalue weighted by molar-refractivity contribution is 5.39. The van der Waals surface area contributed by atoms with Gasteiger partial charge in [-0.15, -0.1) is 0 Å². The zero-order valence-electron chi connectivity index (χ0n) is 16.1. The normalized spacial score (nSPS) is 65.5. The van der Waals surface area contributed by atoms with Crippen LogP contribution in [0.1, 0.15) is 46.0 Å². The smallest absolute Gasteiger partial charge is 0.0813 e. The molecular weight excluding hydrogens is 326 g/mol. The minimum atomic E-state index is -0.500. The number of nitrogens with zero attached hydrogens (tertiary/aromatic N) is 1. The highest BCUT2D eigenvalue weighted by Crippen LogP contribution is 2.83. The molecule has 5 saturated carbocycles. The number of aliphatic hydroxyl groups excluding tert-OH is 3. The Balaban J connectivity index is 1.61. The third kappa shape index (κ3) is 1.37. The molecule has 11 atom stereocenters. The maximum Gasteiger partial charge on any atom is 0.0813 e. The first-order valence-corrected chi connectivity index (χ1v) is 10.8. The summed E-state index contributed by atoms with van der Waals surface area (Å²) in [6.45, 7) is 11.1. The second-order valence-electron chi connectivity index (χ2n) is 10.9. The van der Waals surface area contributed by atoms with Crippen LogP contribution in [-0.4, -0.2) is 57.7 Å². The standard InChI is InChI=1S/C22H33NO3/c1-4-23-10-20(3)6-5-17(25)22-15(20)7-13(18(22)23)21-9-12(11(2)19(21)26)14(24)8-16(21)22/h12-19,24-26H,2,4-10H2,1,3H3/t12-,13?,14+,15?,16?,17?,18+,19+,20-,21?,22?/m0/s1. The Morgan fingerprint density at radius 1 is 1.19 bits per heavy atom. The molecule has 0 amide bonds. The van der Waals surface area contributed by atoms with E-state index >= 15 is 0 Å². The molecule has 2 spiro atoms. The summed E-state index contributed by atoms with van der Waals surface area (Å²) in [4.78, 5) is 2.65. The summed E-state index contributed by atoms with van der Waals surface area (Å²) in [6.07, 6.45) is 3.58. The molecule has 26 heavy (non-hydrogen) atoms. The summed E-state index contributed by atoms with van der Waals surface area (Å²) >= 11 is 0. The van der Waals surface area contributed by atoms with E-state index < -0.39 is 12.2 Å². The first-order valence-electron chi connectivity index (χ1n) is 10.8. The summed E-state index contributed by atoms with van der Waals surface area (Å²) in [7, 11) is 0. The highest BCUT2D eigenvalue weighted by atomic mass is 16.3. The van der Waals surface area contributed by atoms with E-state index in [0.29, 0.717) is 17.9 Å². The van der Waals surface area contributed by atoms with Gasteiger partial charge in [-0.05, 0) is 67.4 Å². The Hall–Kier alpha value is -0.420. The summed E-state index contributed by atoms with van der Waals surface area (Å²) in [6, 6.07) is 0.373. The Labute approximate surface area is 156 Å². The summed E-state index contributed by atoms with van der Waals surface area (Å²) in [5.41, 5.74) is 0.849. The van der Waals surface area contributed by atoms with E-state index in [-0.39, 0.29) is 34.2 Å². The lowest BCUT2D eigenvalue weighted by atomic mass is 9.43. The fourth-order valence-corrected chi connectivity index (χ4v) is 9.97. The molecule has 3 N–H and O–H groups in total. The van der Waals surface area contributed by atoms with Crippen molar-refractivity contribution < 1.29 is 15.3 Å². The van der Waals surface area contributed by atoms with Crippen LogP contribution in [0.15, 0.2) is 12.2 Å². The fourth-order valence-electron chi connectivity index (χ4n) is 9.97. The van der Waals surface area contributed by atoms with Crippen LogP contribution in [0.4, 0.5) is 0 Å². The second kappa shape index (κ2) is 4.59. The molecule has 7 bridgehead atoms. The molecule has 6 rings (SSSR count). The molecule has 6 aliphatic rings. The van der Waals surface area contributed by atoms with Gasteiger partial charge >= 0.3 is 0 Å². The van der Waals surface area contributed by atoms with Crippen molar-refractivity contribution in [3.63, 3.8) is 0 Å². The average molecular weight is 360 g/mol. The van der Waals surface area contributed by atoms with Gasteiger partial charge in [0.05, 0.1) is 18.3 Å². The maximum absolute atomic E-state index is 11.5. The van der Waals surface area contributed by atoms with Crippen LogP contribution >= 0.6 is 0 Å². The molecule has 4 heteroatoms. The van der Waals surface area contributed by atoms with Crippen LogP contribution in [0.5, 0.6) is 0 Å². The van der Waals surface area contributed by atoms with Gasteiger partial charge in [0.15, 0.2) is 0 Å². The Morgan fingerprint density at radius 3 is 2.69 bits per heavy atom. The van der Waals surface area contributed by atoms with Crippen LogP contribution in [-0.2, 0) is 0 Å². The summed E-state index contributed by atoms with van der Waals surface area (Å²) in [5.74, 6) is 1.26. The number of aliphatic hydroxyl groups is 3. The van der Waals surface area contributed by atoms with Crippen molar-refractivity contribution in [1.82, 2.24) is 4.90 Å². The van der Waals surface area contributed by atoms with E-state index in [1.165, 1.54) is 0 Å². The molecule has 0 aromatic rings. The molecular formula is C22H33NO3. The SMILES string of the molecule is C=C1[C@@H](O)C23C[C@@H]1[C@H](O)CC2C12C(O)CC[C@@]4(C)CN(CC)[C@@H]1C3CC24. The molecule has 144 valence electrons. The van der Waals surface area contributed by atoms with E-state index in [0.717, 1.165) is 50.8 Å². The average Bonchev–Trinajstić information content (AvgIpc) is 3.14. The quantitative estimate of drug-likeness (QED) is 0.625. The van der Waals surface area contributed by atoms with Crippen molar-refractivity contribution in [2.24, 2.45) is 39.9 Å². The molecule has 5 aliphatic carbocycles. The van der Waals surface area contributed by atoms with Crippen molar-refractivity contribution in [3.8, 4) is 0 Å². The lowest BCUT2D eigenvalue weighted by molar-refractivity contribution is -0.218. The van der Waals surface area contributed by atoms with Crippen LogP contribution < -0.4 is 0 Å². The number of rotatable bonds is 1. The molecule has 0 aromatic heterocycles. The third-order valence-corrected chi connectivity index (χ3v) is 10.6.